The number of anilines is 1. The number of aromatic nitrogens is 2. The first-order valence-electron chi connectivity index (χ1n) is 6.36. The van der Waals surface area contributed by atoms with Crippen LogP contribution in [-0.2, 0) is 16.0 Å². The molecule has 0 saturated heterocycles. The van der Waals surface area contributed by atoms with Crippen LogP contribution in [0.5, 0.6) is 5.75 Å². The smallest absolute Gasteiger partial charge is 0.328 e. The Morgan fingerprint density at radius 3 is 2.73 bits per heavy atom. The zero-order valence-corrected chi connectivity index (χ0v) is 12.2. The van der Waals surface area contributed by atoms with E-state index in [0.29, 0.717) is 23.2 Å². The first-order chi connectivity index (χ1) is 10.6. The van der Waals surface area contributed by atoms with E-state index in [1.807, 2.05) is 30.3 Å². The topological polar surface area (TPSA) is 101 Å². The van der Waals surface area contributed by atoms with Crippen molar-refractivity contribution in [1.29, 1.82) is 0 Å². The molecular weight excluding hydrogens is 306 g/mol. The van der Waals surface area contributed by atoms with Crippen molar-refractivity contribution in [3.8, 4) is 5.75 Å². The van der Waals surface area contributed by atoms with E-state index in [1.54, 1.807) is 0 Å². The normalized spacial score (nSPS) is 10.5. The van der Waals surface area contributed by atoms with Gasteiger partial charge in [-0.25, -0.2) is 4.79 Å². The van der Waals surface area contributed by atoms with Crippen LogP contribution in [-0.4, -0.2) is 33.8 Å². The molecule has 0 radical (unpaired) electrons. The number of rotatable bonds is 7. The van der Waals surface area contributed by atoms with Crippen molar-refractivity contribution in [2.24, 2.45) is 0 Å². The summed E-state index contributed by atoms with van der Waals surface area (Å²) in [6, 6.07) is 9.41. The van der Waals surface area contributed by atoms with Crippen molar-refractivity contribution >= 4 is 28.3 Å². The second kappa shape index (κ2) is 7.89. The van der Waals surface area contributed by atoms with E-state index in [-0.39, 0.29) is 0 Å². The highest BCUT2D eigenvalue weighted by atomic mass is 32.1. The minimum Gasteiger partial charge on any atom is -0.493 e. The predicted octanol–water partition coefficient (Wildman–Crippen LogP) is 1.74. The van der Waals surface area contributed by atoms with E-state index < -0.39 is 11.9 Å². The molecule has 7 nitrogen and oxygen atoms in total. The maximum Gasteiger partial charge on any atom is 0.328 e. The average molecular weight is 319 g/mol. The number of aliphatic carboxylic acids is 1. The van der Waals surface area contributed by atoms with E-state index in [2.05, 4.69) is 15.5 Å². The number of nitrogens with one attached hydrogen (secondary N) is 1. The van der Waals surface area contributed by atoms with Gasteiger partial charge in [0.2, 0.25) is 11.0 Å². The quantitative estimate of drug-likeness (QED) is 0.754. The largest absolute Gasteiger partial charge is 0.493 e. The minimum atomic E-state index is -1.19. The standard InChI is InChI=1S/C14H13N3O4S/c18-11(6-7-13(19)20)15-14-17-16-12(22-14)8-9-21-10-4-2-1-3-5-10/h1-7H,8-9H2,(H,19,20)(H,15,17,18)/b7-6+. The maximum atomic E-state index is 11.4. The molecule has 2 N–H and O–H groups in total. The molecule has 0 aliphatic rings. The fourth-order valence-electron chi connectivity index (χ4n) is 1.47. The number of carbonyl (C=O) groups excluding carboxylic acids is 1. The van der Waals surface area contributed by atoms with Gasteiger partial charge in [0, 0.05) is 18.6 Å². The molecule has 2 aromatic rings. The second-order valence-electron chi connectivity index (χ2n) is 4.07. The van der Waals surface area contributed by atoms with Crippen molar-refractivity contribution in [3.63, 3.8) is 0 Å². The van der Waals surface area contributed by atoms with Crippen LogP contribution in [0, 0.1) is 0 Å². The van der Waals surface area contributed by atoms with E-state index in [4.69, 9.17) is 9.84 Å². The molecule has 114 valence electrons. The molecule has 1 heterocycles. The molecule has 1 amide bonds. The highest BCUT2D eigenvalue weighted by Gasteiger charge is 2.07. The molecule has 0 spiro atoms. The van der Waals surface area contributed by atoms with Gasteiger partial charge in [-0.15, -0.1) is 10.2 Å². The second-order valence-corrected chi connectivity index (χ2v) is 5.14. The number of hydrogen-bond donors (Lipinski definition) is 2. The molecule has 0 bridgehead atoms. The highest BCUT2D eigenvalue weighted by molar-refractivity contribution is 7.15. The van der Waals surface area contributed by atoms with Gasteiger partial charge in [-0.3, -0.25) is 10.1 Å². The van der Waals surface area contributed by atoms with Crippen molar-refractivity contribution < 1.29 is 19.4 Å². The third kappa shape index (κ3) is 5.33. The lowest BCUT2D eigenvalue weighted by Gasteiger charge is -2.03. The van der Waals surface area contributed by atoms with Crippen LogP contribution in [0.2, 0.25) is 0 Å². The fourth-order valence-corrected chi connectivity index (χ4v) is 2.20. The SMILES string of the molecule is O=C(O)/C=C/C(=O)Nc1nnc(CCOc2ccccc2)s1. The number of hydrogen-bond acceptors (Lipinski definition) is 6. The van der Waals surface area contributed by atoms with Crippen LogP contribution in [0.25, 0.3) is 0 Å². The number of amides is 1. The number of carboxylic acid groups (broad SMARTS) is 1. The summed E-state index contributed by atoms with van der Waals surface area (Å²) in [4.78, 5) is 21.7. The summed E-state index contributed by atoms with van der Waals surface area (Å²) < 4.78 is 5.54. The molecule has 0 fully saturated rings. The van der Waals surface area contributed by atoms with Gasteiger partial charge < -0.3 is 9.84 Å². The molecule has 22 heavy (non-hydrogen) atoms. The lowest BCUT2D eigenvalue weighted by Crippen LogP contribution is -2.08. The van der Waals surface area contributed by atoms with Gasteiger partial charge in [0.15, 0.2) is 0 Å². The Labute approximate surface area is 130 Å². The number of benzene rings is 1. The van der Waals surface area contributed by atoms with Crippen LogP contribution < -0.4 is 10.1 Å². The van der Waals surface area contributed by atoms with Gasteiger partial charge in [0.05, 0.1) is 6.61 Å². The van der Waals surface area contributed by atoms with Crippen LogP contribution in [0.4, 0.5) is 5.13 Å². The average Bonchev–Trinajstić information content (AvgIpc) is 2.94. The molecule has 8 heteroatoms. The Hall–Kier alpha value is -2.74. The molecule has 0 atom stereocenters. The summed E-state index contributed by atoms with van der Waals surface area (Å²) in [5, 5.41) is 19.6. The number of para-hydroxylation sites is 1. The first kappa shape index (κ1) is 15.6. The summed E-state index contributed by atoms with van der Waals surface area (Å²) in [6.45, 7) is 0.450. The molecule has 1 aromatic heterocycles. The summed E-state index contributed by atoms with van der Waals surface area (Å²) in [5.74, 6) is -0.976. The van der Waals surface area contributed by atoms with Gasteiger partial charge in [-0.1, -0.05) is 29.5 Å². The molecular formula is C14H13N3O4S. The van der Waals surface area contributed by atoms with Crippen molar-refractivity contribution in [2.75, 3.05) is 11.9 Å². The summed E-state index contributed by atoms with van der Waals surface area (Å²) in [5.41, 5.74) is 0. The fraction of sp³-hybridized carbons (Fsp3) is 0.143. The van der Waals surface area contributed by atoms with Gasteiger partial charge in [0.1, 0.15) is 10.8 Å². The van der Waals surface area contributed by atoms with Crippen molar-refractivity contribution in [1.82, 2.24) is 10.2 Å². The summed E-state index contributed by atoms with van der Waals surface area (Å²) in [7, 11) is 0. The minimum absolute atomic E-state index is 0.315. The van der Waals surface area contributed by atoms with Gasteiger partial charge in [-0.05, 0) is 12.1 Å². The first-order valence-corrected chi connectivity index (χ1v) is 7.17. The Morgan fingerprint density at radius 2 is 2.00 bits per heavy atom. The van der Waals surface area contributed by atoms with Crippen LogP contribution >= 0.6 is 11.3 Å². The summed E-state index contributed by atoms with van der Waals surface area (Å²) in [6.07, 6.45) is 2.24. The van der Waals surface area contributed by atoms with E-state index >= 15 is 0 Å². The Morgan fingerprint density at radius 1 is 1.23 bits per heavy atom. The Balaban J connectivity index is 1.79. The molecule has 0 aliphatic heterocycles. The highest BCUT2D eigenvalue weighted by Crippen LogP contribution is 2.16. The van der Waals surface area contributed by atoms with Crippen LogP contribution in [0.3, 0.4) is 0 Å². The Kier molecular flexibility index (Phi) is 5.61. The van der Waals surface area contributed by atoms with Crippen LogP contribution in [0.15, 0.2) is 42.5 Å². The Bertz CT molecular complexity index is 670. The summed E-state index contributed by atoms with van der Waals surface area (Å²) >= 11 is 1.22. The third-order valence-electron chi connectivity index (χ3n) is 2.40. The zero-order valence-electron chi connectivity index (χ0n) is 11.4. The molecule has 0 saturated carbocycles. The van der Waals surface area contributed by atoms with Gasteiger partial charge in [0.25, 0.3) is 0 Å². The van der Waals surface area contributed by atoms with Crippen molar-refractivity contribution in [2.45, 2.75) is 6.42 Å². The number of ether oxygens (including phenoxy) is 1. The van der Waals surface area contributed by atoms with Crippen molar-refractivity contribution in [3.05, 3.63) is 47.5 Å². The maximum absolute atomic E-state index is 11.4. The predicted molar refractivity (Wildman–Crippen MR) is 81.0 cm³/mol. The molecule has 2 rings (SSSR count). The van der Waals surface area contributed by atoms with E-state index in [1.165, 1.54) is 11.3 Å². The van der Waals surface area contributed by atoms with E-state index in [0.717, 1.165) is 17.9 Å². The lowest BCUT2D eigenvalue weighted by atomic mass is 10.3. The number of carboxylic acids is 1. The lowest BCUT2D eigenvalue weighted by molar-refractivity contribution is -0.131. The van der Waals surface area contributed by atoms with Gasteiger partial charge in [-0.2, -0.15) is 0 Å². The van der Waals surface area contributed by atoms with Crippen LogP contribution in [0.1, 0.15) is 5.01 Å². The molecule has 0 aliphatic carbocycles. The molecule has 0 unspecified atom stereocenters. The number of carbonyl (C=O) groups is 2. The van der Waals surface area contributed by atoms with E-state index in [9.17, 15) is 9.59 Å². The van der Waals surface area contributed by atoms with Gasteiger partial charge >= 0.3 is 5.97 Å². The third-order valence-corrected chi connectivity index (χ3v) is 3.30. The zero-order chi connectivity index (χ0) is 15.8. The number of nitrogens with zero attached hydrogens (tertiary/aromatic N) is 2. The molecule has 1 aromatic carbocycles. The monoisotopic (exact) mass is 319 g/mol.